The van der Waals surface area contributed by atoms with E-state index >= 15 is 0 Å². The molecule has 0 radical (unpaired) electrons. The fraction of sp³-hybridized carbons (Fsp3) is 0.524. The molecule has 0 saturated carbocycles. The van der Waals surface area contributed by atoms with Crippen molar-refractivity contribution in [1.82, 2.24) is 25.0 Å². The van der Waals surface area contributed by atoms with Crippen LogP contribution in [0.2, 0.25) is 0 Å². The number of alkyl carbamates (subject to hydrolysis) is 1. The number of hydrogen-bond acceptors (Lipinski definition) is 5. The van der Waals surface area contributed by atoms with Crippen molar-refractivity contribution in [3.8, 4) is 0 Å². The van der Waals surface area contributed by atoms with Crippen LogP contribution >= 0.6 is 0 Å². The van der Waals surface area contributed by atoms with E-state index < -0.39 is 47.3 Å². The van der Waals surface area contributed by atoms with E-state index in [1.165, 1.54) is 4.90 Å². The standard InChI is InChI=1S/C21H24F5N5O3/c1-20(2,3)34-19(33)27-14(9-12-8-13(22)4-5-15(12)23)10-17(32)30-6-7-31-16(11-30)28-29-18(31)21(24,25)26/h4-5,8,14H,6-7,9-11H2,1-3H3,(H,27,33)/t14-/m1/s1. The van der Waals surface area contributed by atoms with Crippen molar-refractivity contribution in [1.29, 1.82) is 0 Å². The highest BCUT2D eigenvalue weighted by Gasteiger charge is 2.40. The van der Waals surface area contributed by atoms with E-state index in [0.717, 1.165) is 22.8 Å². The molecule has 0 aliphatic carbocycles. The zero-order valence-corrected chi connectivity index (χ0v) is 18.7. The Morgan fingerprint density at radius 3 is 2.50 bits per heavy atom. The Morgan fingerprint density at radius 2 is 1.85 bits per heavy atom. The van der Waals surface area contributed by atoms with Gasteiger partial charge in [0.2, 0.25) is 11.7 Å². The highest BCUT2D eigenvalue weighted by molar-refractivity contribution is 5.78. The van der Waals surface area contributed by atoms with Gasteiger partial charge in [-0.25, -0.2) is 13.6 Å². The van der Waals surface area contributed by atoms with Crippen molar-refractivity contribution >= 4 is 12.0 Å². The lowest BCUT2D eigenvalue weighted by molar-refractivity contribution is -0.148. The first-order chi connectivity index (χ1) is 15.7. The molecule has 2 aromatic rings. The van der Waals surface area contributed by atoms with Gasteiger partial charge in [-0.15, -0.1) is 10.2 Å². The van der Waals surface area contributed by atoms with Crippen molar-refractivity contribution in [2.75, 3.05) is 6.54 Å². The molecule has 0 unspecified atom stereocenters. The number of nitrogens with one attached hydrogen (secondary N) is 1. The van der Waals surface area contributed by atoms with Gasteiger partial charge in [-0.2, -0.15) is 13.2 Å². The molecule has 8 nitrogen and oxygen atoms in total. The number of amides is 2. The Balaban J connectivity index is 1.74. The Hall–Kier alpha value is -3.25. The van der Waals surface area contributed by atoms with E-state index in [4.69, 9.17) is 4.74 Å². The Kier molecular flexibility index (Phi) is 7.13. The number of benzene rings is 1. The smallest absolute Gasteiger partial charge is 0.444 e. The summed E-state index contributed by atoms with van der Waals surface area (Å²) in [7, 11) is 0. The van der Waals surface area contributed by atoms with Gasteiger partial charge in [-0.1, -0.05) is 0 Å². The number of fused-ring (bicyclic) bond motifs is 1. The normalized spacial score (nSPS) is 15.0. The second-order valence-corrected chi connectivity index (χ2v) is 8.89. The van der Waals surface area contributed by atoms with Gasteiger partial charge < -0.3 is 19.5 Å². The number of nitrogens with zero attached hydrogens (tertiary/aromatic N) is 4. The first kappa shape index (κ1) is 25.4. The summed E-state index contributed by atoms with van der Waals surface area (Å²) in [4.78, 5) is 26.5. The fourth-order valence-corrected chi connectivity index (χ4v) is 3.53. The molecule has 1 aromatic carbocycles. The number of ether oxygens (including phenoxy) is 1. The molecule has 2 amide bonds. The van der Waals surface area contributed by atoms with E-state index in [2.05, 4.69) is 15.5 Å². The van der Waals surface area contributed by atoms with Crippen LogP contribution in [0.25, 0.3) is 0 Å². The van der Waals surface area contributed by atoms with E-state index in [-0.39, 0.29) is 43.9 Å². The quantitative estimate of drug-likeness (QED) is 0.650. The van der Waals surface area contributed by atoms with Crippen LogP contribution in [0.5, 0.6) is 0 Å². The minimum absolute atomic E-state index is 0.0280. The minimum atomic E-state index is -4.67. The third-order valence-corrected chi connectivity index (χ3v) is 4.98. The molecule has 1 aromatic heterocycles. The van der Waals surface area contributed by atoms with Crippen LogP contribution in [0, 0.1) is 11.6 Å². The number of carbonyl (C=O) groups is 2. The first-order valence-corrected chi connectivity index (χ1v) is 10.4. The zero-order chi connectivity index (χ0) is 25.3. The van der Waals surface area contributed by atoms with Gasteiger partial charge in [0.15, 0.2) is 5.82 Å². The summed E-state index contributed by atoms with van der Waals surface area (Å²) < 4.78 is 73.0. The van der Waals surface area contributed by atoms with Crippen molar-refractivity contribution in [2.24, 2.45) is 0 Å². The number of hydrogen-bond donors (Lipinski definition) is 1. The third kappa shape index (κ3) is 6.41. The second-order valence-electron chi connectivity index (χ2n) is 8.89. The maximum absolute atomic E-state index is 14.2. The molecule has 1 aliphatic heterocycles. The SMILES string of the molecule is CC(C)(C)OC(=O)N[C@@H](CC(=O)N1CCn2c(nnc2C(F)(F)F)C1)Cc1cc(F)ccc1F. The van der Waals surface area contributed by atoms with Crippen LogP contribution < -0.4 is 5.32 Å². The number of rotatable bonds is 5. The van der Waals surface area contributed by atoms with Gasteiger partial charge in [0.25, 0.3) is 0 Å². The summed E-state index contributed by atoms with van der Waals surface area (Å²) in [6, 6.07) is 1.88. The number of alkyl halides is 3. The zero-order valence-electron chi connectivity index (χ0n) is 18.7. The predicted octanol–water partition coefficient (Wildman–Crippen LogP) is 3.44. The van der Waals surface area contributed by atoms with Crippen molar-refractivity contribution in [2.45, 2.75) is 64.5 Å². The highest BCUT2D eigenvalue weighted by atomic mass is 19.4. The lowest BCUT2D eigenvalue weighted by Gasteiger charge is -2.30. The molecular formula is C21H24F5N5O3. The molecule has 186 valence electrons. The van der Waals surface area contributed by atoms with Gasteiger partial charge in [0.05, 0.1) is 6.54 Å². The molecule has 0 fully saturated rings. The van der Waals surface area contributed by atoms with Crippen LogP contribution in [-0.4, -0.2) is 49.9 Å². The highest BCUT2D eigenvalue weighted by Crippen LogP contribution is 2.29. The largest absolute Gasteiger partial charge is 0.451 e. The van der Waals surface area contributed by atoms with E-state index in [1.807, 2.05) is 0 Å². The molecule has 0 bridgehead atoms. The summed E-state index contributed by atoms with van der Waals surface area (Å²) in [6.07, 6.45) is -6.06. The molecule has 3 rings (SSSR count). The molecule has 2 heterocycles. The summed E-state index contributed by atoms with van der Waals surface area (Å²) in [5.41, 5.74) is -0.891. The van der Waals surface area contributed by atoms with Gasteiger partial charge in [0.1, 0.15) is 17.2 Å². The Labute approximate surface area is 192 Å². The molecular weight excluding hydrogens is 465 g/mol. The van der Waals surface area contributed by atoms with Gasteiger partial charge >= 0.3 is 12.3 Å². The minimum Gasteiger partial charge on any atom is -0.444 e. The molecule has 13 heteroatoms. The van der Waals surface area contributed by atoms with Gasteiger partial charge in [-0.05, 0) is 51.0 Å². The number of aromatic nitrogens is 3. The lowest BCUT2D eigenvalue weighted by atomic mass is 10.0. The number of carbonyl (C=O) groups excluding carboxylic acids is 2. The Bertz CT molecular complexity index is 1060. The average molecular weight is 489 g/mol. The molecule has 0 saturated heterocycles. The monoisotopic (exact) mass is 489 g/mol. The van der Waals surface area contributed by atoms with E-state index in [0.29, 0.717) is 0 Å². The van der Waals surface area contributed by atoms with Crippen molar-refractivity contribution in [3.63, 3.8) is 0 Å². The molecule has 34 heavy (non-hydrogen) atoms. The second kappa shape index (κ2) is 9.55. The maximum Gasteiger partial charge on any atom is 0.451 e. The molecule has 1 atom stereocenters. The van der Waals surface area contributed by atoms with Crippen LogP contribution in [0.3, 0.4) is 0 Å². The summed E-state index contributed by atoms with van der Waals surface area (Å²) in [6.45, 7) is 4.50. The fourth-order valence-electron chi connectivity index (χ4n) is 3.53. The first-order valence-electron chi connectivity index (χ1n) is 10.4. The molecule has 0 spiro atoms. The average Bonchev–Trinajstić information content (AvgIpc) is 3.12. The van der Waals surface area contributed by atoms with Crippen LogP contribution in [0.15, 0.2) is 18.2 Å². The third-order valence-electron chi connectivity index (χ3n) is 4.98. The molecule has 1 N–H and O–H groups in total. The van der Waals surface area contributed by atoms with Crippen LogP contribution in [-0.2, 0) is 35.2 Å². The Morgan fingerprint density at radius 1 is 1.15 bits per heavy atom. The van der Waals surface area contributed by atoms with E-state index in [1.54, 1.807) is 20.8 Å². The summed E-state index contributed by atoms with van der Waals surface area (Å²) >= 11 is 0. The van der Waals surface area contributed by atoms with E-state index in [9.17, 15) is 31.5 Å². The van der Waals surface area contributed by atoms with Crippen LogP contribution in [0.1, 0.15) is 44.4 Å². The predicted molar refractivity (Wildman–Crippen MR) is 108 cm³/mol. The lowest BCUT2D eigenvalue weighted by Crippen LogP contribution is -2.45. The van der Waals surface area contributed by atoms with Crippen molar-refractivity contribution in [3.05, 3.63) is 47.0 Å². The summed E-state index contributed by atoms with van der Waals surface area (Å²) in [5.74, 6) is -3.08. The topological polar surface area (TPSA) is 89.4 Å². The maximum atomic E-state index is 14.2. The van der Waals surface area contributed by atoms with Crippen LogP contribution in [0.4, 0.5) is 26.7 Å². The summed E-state index contributed by atoms with van der Waals surface area (Å²) in [5, 5.41) is 9.20. The van der Waals surface area contributed by atoms with Gasteiger partial charge in [-0.3, -0.25) is 4.79 Å². The number of halogens is 5. The molecule has 1 aliphatic rings. The van der Waals surface area contributed by atoms with Crippen molar-refractivity contribution < 1.29 is 36.3 Å². The van der Waals surface area contributed by atoms with Gasteiger partial charge in [0, 0.05) is 25.6 Å².